The zero-order valence-corrected chi connectivity index (χ0v) is 9.44. The van der Waals surface area contributed by atoms with Gasteiger partial charge in [-0.2, -0.15) is 0 Å². The Morgan fingerprint density at radius 1 is 1.24 bits per heavy atom. The maximum atomic E-state index is 11.2. The molecule has 17 heavy (non-hydrogen) atoms. The molecule has 0 spiro atoms. The van der Waals surface area contributed by atoms with Gasteiger partial charge in [-0.3, -0.25) is 9.59 Å². The van der Waals surface area contributed by atoms with E-state index < -0.39 is 30.5 Å². The van der Waals surface area contributed by atoms with Gasteiger partial charge in [0, 0.05) is 0 Å². The largest absolute Gasteiger partial charge is 0.465 e. The number of carboxylic acid groups (broad SMARTS) is 1. The van der Waals surface area contributed by atoms with Crippen LogP contribution in [0.3, 0.4) is 0 Å². The Bertz CT molecular complexity index is 282. The molecule has 0 saturated carbocycles. The molecule has 98 valence electrons. The van der Waals surface area contributed by atoms with Crippen LogP contribution in [0.1, 0.15) is 19.3 Å². The van der Waals surface area contributed by atoms with E-state index in [0.29, 0.717) is 19.4 Å². The number of carbonyl (C=O) groups is 3. The van der Waals surface area contributed by atoms with E-state index in [9.17, 15) is 14.4 Å². The first-order valence-electron chi connectivity index (χ1n) is 5.23. The summed E-state index contributed by atoms with van der Waals surface area (Å²) in [6.45, 7) is 0.0933. The van der Waals surface area contributed by atoms with Crippen LogP contribution in [0.25, 0.3) is 0 Å². The van der Waals surface area contributed by atoms with Gasteiger partial charge in [-0.25, -0.2) is 4.79 Å². The first-order chi connectivity index (χ1) is 7.97. The monoisotopic (exact) mass is 246 g/mol. The normalized spacial score (nSPS) is 11.6. The molecule has 0 bridgehead atoms. The molecule has 3 amide bonds. The molecule has 0 rings (SSSR count). The van der Waals surface area contributed by atoms with Crippen molar-refractivity contribution in [2.45, 2.75) is 25.3 Å². The van der Waals surface area contributed by atoms with E-state index in [1.807, 2.05) is 5.32 Å². The number of primary amides is 1. The third-order valence-electron chi connectivity index (χ3n) is 2.03. The van der Waals surface area contributed by atoms with Crippen LogP contribution in [0.5, 0.6) is 0 Å². The number of rotatable bonds is 8. The number of nitrogens with two attached hydrogens (primary N) is 2. The van der Waals surface area contributed by atoms with Crippen LogP contribution >= 0.6 is 0 Å². The van der Waals surface area contributed by atoms with Crippen molar-refractivity contribution in [2.24, 2.45) is 11.5 Å². The fourth-order valence-electron chi connectivity index (χ4n) is 1.18. The summed E-state index contributed by atoms with van der Waals surface area (Å²) in [5.74, 6) is -1.24. The SMILES string of the molecule is NCCCC[C@H](NC(=O)CNC(=O)O)C(N)=O. The van der Waals surface area contributed by atoms with Crippen molar-refractivity contribution in [3.8, 4) is 0 Å². The first-order valence-corrected chi connectivity index (χ1v) is 5.23. The lowest BCUT2D eigenvalue weighted by Crippen LogP contribution is -2.47. The Morgan fingerprint density at radius 3 is 2.35 bits per heavy atom. The molecular weight excluding hydrogens is 228 g/mol. The minimum Gasteiger partial charge on any atom is -0.465 e. The molecule has 0 heterocycles. The minimum atomic E-state index is -1.31. The topological polar surface area (TPSA) is 148 Å². The molecular formula is C9H18N4O4. The summed E-state index contributed by atoms with van der Waals surface area (Å²) < 4.78 is 0. The van der Waals surface area contributed by atoms with Crippen molar-refractivity contribution >= 4 is 17.9 Å². The second-order valence-electron chi connectivity index (χ2n) is 3.47. The van der Waals surface area contributed by atoms with Gasteiger partial charge in [0.25, 0.3) is 0 Å². The number of hydrogen-bond donors (Lipinski definition) is 5. The van der Waals surface area contributed by atoms with E-state index in [1.165, 1.54) is 0 Å². The lowest BCUT2D eigenvalue weighted by atomic mass is 10.1. The first kappa shape index (κ1) is 15.2. The number of nitrogens with one attached hydrogen (secondary N) is 2. The Labute approximate surface area is 98.7 Å². The quantitative estimate of drug-likeness (QED) is 0.325. The molecule has 8 heteroatoms. The average molecular weight is 246 g/mol. The summed E-state index contributed by atoms with van der Waals surface area (Å²) in [6, 6.07) is -0.787. The lowest BCUT2D eigenvalue weighted by molar-refractivity contribution is -0.127. The van der Waals surface area contributed by atoms with Crippen LogP contribution in [0.4, 0.5) is 4.79 Å². The van der Waals surface area contributed by atoms with Crippen molar-refractivity contribution in [3.05, 3.63) is 0 Å². The highest BCUT2D eigenvalue weighted by Gasteiger charge is 2.17. The predicted octanol–water partition coefficient (Wildman–Crippen LogP) is -1.65. The maximum absolute atomic E-state index is 11.2. The number of carbonyl (C=O) groups excluding carboxylic acids is 2. The zero-order valence-electron chi connectivity index (χ0n) is 9.44. The Kier molecular flexibility index (Phi) is 7.44. The third kappa shape index (κ3) is 8.03. The Morgan fingerprint density at radius 2 is 1.88 bits per heavy atom. The minimum absolute atomic E-state index is 0.394. The van der Waals surface area contributed by atoms with Crippen molar-refractivity contribution in [3.63, 3.8) is 0 Å². The molecule has 0 aliphatic rings. The van der Waals surface area contributed by atoms with Gasteiger partial charge in [-0.15, -0.1) is 0 Å². The lowest BCUT2D eigenvalue weighted by Gasteiger charge is -2.15. The van der Waals surface area contributed by atoms with E-state index in [2.05, 4.69) is 5.32 Å². The molecule has 0 radical (unpaired) electrons. The van der Waals surface area contributed by atoms with Crippen LogP contribution in [0.15, 0.2) is 0 Å². The standard InChI is InChI=1S/C9H18N4O4/c10-4-2-1-3-6(8(11)15)13-7(14)5-12-9(16)17/h6,12H,1-5,10H2,(H2,11,15)(H,13,14)(H,16,17)/t6-/m0/s1. The molecule has 0 aliphatic carbocycles. The third-order valence-corrected chi connectivity index (χ3v) is 2.03. The van der Waals surface area contributed by atoms with Crippen molar-refractivity contribution < 1.29 is 19.5 Å². The van der Waals surface area contributed by atoms with Gasteiger partial charge in [0.15, 0.2) is 0 Å². The highest BCUT2D eigenvalue weighted by molar-refractivity contribution is 5.88. The van der Waals surface area contributed by atoms with Crippen LogP contribution in [0, 0.1) is 0 Å². The van der Waals surface area contributed by atoms with Crippen LogP contribution in [-0.4, -0.2) is 42.1 Å². The fourth-order valence-corrected chi connectivity index (χ4v) is 1.18. The number of unbranched alkanes of at least 4 members (excludes halogenated alkanes) is 1. The molecule has 0 aromatic heterocycles. The van der Waals surface area contributed by atoms with Gasteiger partial charge in [-0.05, 0) is 25.8 Å². The summed E-state index contributed by atoms with van der Waals surface area (Å²) in [6.07, 6.45) is 0.480. The van der Waals surface area contributed by atoms with Crippen molar-refractivity contribution in [2.75, 3.05) is 13.1 Å². The number of amides is 3. The molecule has 0 aromatic rings. The van der Waals surface area contributed by atoms with Crippen molar-refractivity contribution in [1.82, 2.24) is 10.6 Å². The summed E-state index contributed by atoms with van der Waals surface area (Å²) in [7, 11) is 0. The van der Waals surface area contributed by atoms with E-state index in [0.717, 1.165) is 6.42 Å². The summed E-state index contributed by atoms with van der Waals surface area (Å²) in [5, 5.41) is 12.5. The summed E-state index contributed by atoms with van der Waals surface area (Å²) in [5.41, 5.74) is 10.4. The second-order valence-corrected chi connectivity index (χ2v) is 3.47. The molecule has 0 unspecified atom stereocenters. The second kappa shape index (κ2) is 8.34. The van der Waals surface area contributed by atoms with E-state index >= 15 is 0 Å². The fraction of sp³-hybridized carbons (Fsp3) is 0.667. The molecule has 0 saturated heterocycles. The molecule has 0 fully saturated rings. The molecule has 0 aromatic carbocycles. The molecule has 0 aliphatic heterocycles. The van der Waals surface area contributed by atoms with Gasteiger partial charge < -0.3 is 27.2 Å². The van der Waals surface area contributed by atoms with Gasteiger partial charge in [0.1, 0.15) is 12.6 Å². The van der Waals surface area contributed by atoms with Crippen LogP contribution in [0.2, 0.25) is 0 Å². The zero-order chi connectivity index (χ0) is 13.3. The van der Waals surface area contributed by atoms with Gasteiger partial charge in [-0.1, -0.05) is 0 Å². The summed E-state index contributed by atoms with van der Waals surface area (Å²) >= 11 is 0. The smallest absolute Gasteiger partial charge is 0.405 e. The van der Waals surface area contributed by atoms with Crippen molar-refractivity contribution in [1.29, 1.82) is 0 Å². The highest BCUT2D eigenvalue weighted by atomic mass is 16.4. The summed E-state index contributed by atoms with van der Waals surface area (Å²) in [4.78, 5) is 32.4. The molecule has 1 atom stereocenters. The average Bonchev–Trinajstić information content (AvgIpc) is 2.25. The maximum Gasteiger partial charge on any atom is 0.405 e. The highest BCUT2D eigenvalue weighted by Crippen LogP contribution is 1.99. The van der Waals surface area contributed by atoms with Crippen LogP contribution in [-0.2, 0) is 9.59 Å². The molecule has 8 nitrogen and oxygen atoms in total. The van der Waals surface area contributed by atoms with E-state index in [-0.39, 0.29) is 0 Å². The molecule has 7 N–H and O–H groups in total. The Balaban J connectivity index is 4.02. The Hall–Kier alpha value is -1.83. The van der Waals surface area contributed by atoms with E-state index in [1.54, 1.807) is 0 Å². The van der Waals surface area contributed by atoms with Gasteiger partial charge in [0.05, 0.1) is 0 Å². The van der Waals surface area contributed by atoms with Gasteiger partial charge >= 0.3 is 6.09 Å². The van der Waals surface area contributed by atoms with Crippen LogP contribution < -0.4 is 22.1 Å². The van der Waals surface area contributed by atoms with E-state index in [4.69, 9.17) is 16.6 Å². The van der Waals surface area contributed by atoms with Gasteiger partial charge in [0.2, 0.25) is 11.8 Å². The number of hydrogen-bond acceptors (Lipinski definition) is 4. The predicted molar refractivity (Wildman–Crippen MR) is 60.1 cm³/mol.